The molecule has 2 atom stereocenters. The van der Waals surface area contributed by atoms with Gasteiger partial charge in [0.25, 0.3) is 0 Å². The predicted octanol–water partition coefficient (Wildman–Crippen LogP) is 19.4. The summed E-state index contributed by atoms with van der Waals surface area (Å²) < 4.78 is 5.48. The van der Waals surface area contributed by atoms with E-state index in [0.29, 0.717) is 25.9 Å². The molecule has 0 heterocycles. The molecule has 0 spiro atoms. The van der Waals surface area contributed by atoms with Crippen LogP contribution in [0.25, 0.3) is 0 Å². The van der Waals surface area contributed by atoms with Crippen LogP contribution in [-0.4, -0.2) is 47.4 Å². The number of esters is 1. The lowest BCUT2D eigenvalue weighted by Gasteiger charge is -2.22. The third kappa shape index (κ3) is 55.5. The minimum absolute atomic E-state index is 0.000200. The summed E-state index contributed by atoms with van der Waals surface area (Å²) >= 11 is 0. The molecule has 0 aliphatic rings. The van der Waals surface area contributed by atoms with Crippen LogP contribution in [0.5, 0.6) is 0 Å². The number of unbranched alkanes of at least 4 members (excludes halogenated alkanes) is 43. The van der Waals surface area contributed by atoms with Gasteiger partial charge >= 0.3 is 5.97 Å². The van der Waals surface area contributed by atoms with Crippen LogP contribution in [0.15, 0.2) is 24.3 Å². The summed E-state index contributed by atoms with van der Waals surface area (Å²) in [7, 11) is 0. The van der Waals surface area contributed by atoms with Gasteiger partial charge in [0.15, 0.2) is 0 Å². The van der Waals surface area contributed by atoms with Gasteiger partial charge in [0.2, 0.25) is 5.91 Å². The third-order valence-electron chi connectivity index (χ3n) is 14.5. The van der Waals surface area contributed by atoms with E-state index in [2.05, 4.69) is 43.5 Å². The summed E-state index contributed by atoms with van der Waals surface area (Å²) in [5.74, 6) is -0.0336. The number of aliphatic hydroxyl groups is 2. The Morgan fingerprint density at radius 2 is 0.725 bits per heavy atom. The maximum absolute atomic E-state index is 12.5. The molecule has 0 radical (unpaired) electrons. The van der Waals surface area contributed by atoms with Crippen molar-refractivity contribution in [3.63, 3.8) is 0 Å². The van der Waals surface area contributed by atoms with Crippen molar-refractivity contribution in [2.45, 2.75) is 353 Å². The van der Waals surface area contributed by atoms with E-state index in [4.69, 9.17) is 4.74 Å². The Kier molecular flexibility index (Phi) is 57.5. The second-order valence-electron chi connectivity index (χ2n) is 21.4. The van der Waals surface area contributed by atoms with E-state index < -0.39 is 12.1 Å². The van der Waals surface area contributed by atoms with Gasteiger partial charge in [-0.05, 0) is 57.8 Å². The molecule has 0 aromatic rings. The Hall–Kier alpha value is -1.66. The van der Waals surface area contributed by atoms with Crippen LogP contribution in [-0.2, 0) is 14.3 Å². The molecule has 0 aromatic carbocycles. The van der Waals surface area contributed by atoms with E-state index >= 15 is 0 Å². The molecule has 0 bridgehead atoms. The molecule has 0 fully saturated rings. The van der Waals surface area contributed by atoms with E-state index in [-0.39, 0.29) is 18.5 Å². The molecule has 6 heteroatoms. The van der Waals surface area contributed by atoms with Gasteiger partial charge in [0.1, 0.15) is 0 Å². The fourth-order valence-corrected chi connectivity index (χ4v) is 9.73. The first-order chi connectivity index (χ1) is 34.0. The van der Waals surface area contributed by atoms with Gasteiger partial charge in [-0.3, -0.25) is 9.59 Å². The van der Waals surface area contributed by atoms with Crippen LogP contribution in [0.3, 0.4) is 0 Å². The van der Waals surface area contributed by atoms with Gasteiger partial charge in [0, 0.05) is 12.8 Å². The average molecular weight is 973 g/mol. The predicted molar refractivity (Wildman–Crippen MR) is 301 cm³/mol. The van der Waals surface area contributed by atoms with Crippen molar-refractivity contribution in [2.24, 2.45) is 0 Å². The molecule has 0 aliphatic heterocycles. The molecular weight excluding hydrogens is 851 g/mol. The third-order valence-corrected chi connectivity index (χ3v) is 14.5. The van der Waals surface area contributed by atoms with Crippen LogP contribution >= 0.6 is 0 Å². The summed E-state index contributed by atoms with van der Waals surface area (Å²) in [5, 5.41) is 23.3. The summed E-state index contributed by atoms with van der Waals surface area (Å²) in [6, 6.07) is -0.541. The molecule has 1 amide bonds. The molecule has 3 N–H and O–H groups in total. The Bertz CT molecular complexity index is 1080. The summed E-state index contributed by atoms with van der Waals surface area (Å²) in [6.45, 7) is 4.94. The number of allylic oxidation sites excluding steroid dienone is 4. The first kappa shape index (κ1) is 67.3. The van der Waals surface area contributed by atoms with E-state index in [1.807, 2.05) is 0 Å². The zero-order valence-corrected chi connectivity index (χ0v) is 46.6. The molecule has 2 unspecified atom stereocenters. The van der Waals surface area contributed by atoms with E-state index in [0.717, 1.165) is 51.4 Å². The van der Waals surface area contributed by atoms with Crippen molar-refractivity contribution in [1.82, 2.24) is 5.32 Å². The summed E-state index contributed by atoms with van der Waals surface area (Å²) in [4.78, 5) is 24.5. The van der Waals surface area contributed by atoms with Gasteiger partial charge in [-0.15, -0.1) is 0 Å². The molecule has 0 aromatic heterocycles. The van der Waals surface area contributed by atoms with Crippen LogP contribution in [0.4, 0.5) is 0 Å². The smallest absolute Gasteiger partial charge is 0.305 e. The number of carbonyl (C=O) groups is 2. The lowest BCUT2D eigenvalue weighted by molar-refractivity contribution is -0.143. The quantitative estimate of drug-likeness (QED) is 0.0321. The highest BCUT2D eigenvalue weighted by Gasteiger charge is 2.20. The largest absolute Gasteiger partial charge is 0.466 e. The van der Waals surface area contributed by atoms with Crippen molar-refractivity contribution >= 4 is 11.9 Å². The molecule has 0 rings (SSSR count). The van der Waals surface area contributed by atoms with Gasteiger partial charge in [-0.25, -0.2) is 0 Å². The molecule has 0 saturated heterocycles. The van der Waals surface area contributed by atoms with E-state index in [1.54, 1.807) is 0 Å². The molecule has 408 valence electrons. The van der Waals surface area contributed by atoms with Gasteiger partial charge in [-0.1, -0.05) is 295 Å². The topological polar surface area (TPSA) is 95.9 Å². The number of rotatable bonds is 58. The van der Waals surface area contributed by atoms with Crippen molar-refractivity contribution in [3.8, 4) is 0 Å². The molecule has 69 heavy (non-hydrogen) atoms. The fraction of sp³-hybridized carbons (Fsp3) is 0.905. The fourth-order valence-electron chi connectivity index (χ4n) is 9.73. The monoisotopic (exact) mass is 972 g/mol. The molecule has 6 nitrogen and oxygen atoms in total. The Morgan fingerprint density at radius 1 is 0.406 bits per heavy atom. The molecule has 0 aliphatic carbocycles. The van der Waals surface area contributed by atoms with Crippen molar-refractivity contribution in [2.75, 3.05) is 13.2 Å². The van der Waals surface area contributed by atoms with Crippen molar-refractivity contribution < 1.29 is 24.5 Å². The number of nitrogens with one attached hydrogen (secondary N) is 1. The van der Waals surface area contributed by atoms with E-state index in [9.17, 15) is 19.8 Å². The Balaban J connectivity index is 3.37. The number of amides is 1. The van der Waals surface area contributed by atoms with Gasteiger partial charge < -0.3 is 20.3 Å². The van der Waals surface area contributed by atoms with Crippen LogP contribution in [0.1, 0.15) is 341 Å². The highest BCUT2D eigenvalue weighted by molar-refractivity contribution is 5.76. The number of aliphatic hydroxyl groups excluding tert-OH is 2. The first-order valence-corrected chi connectivity index (χ1v) is 31.1. The number of hydrogen-bond donors (Lipinski definition) is 3. The second-order valence-corrected chi connectivity index (χ2v) is 21.4. The van der Waals surface area contributed by atoms with Crippen LogP contribution in [0.2, 0.25) is 0 Å². The SMILES string of the molecule is CCCCCC/C=C\C/C=C\CCCCCCCC(=O)OCCCCCCCCCCCCCCCCCCCCCCCCC(=O)NC(CO)C(O)CCCCCCCCCCCCCCCC. The summed E-state index contributed by atoms with van der Waals surface area (Å²) in [5.41, 5.74) is 0. The lowest BCUT2D eigenvalue weighted by Crippen LogP contribution is -2.45. The zero-order valence-electron chi connectivity index (χ0n) is 46.6. The molecular formula is C63H121NO5. The Morgan fingerprint density at radius 3 is 1.12 bits per heavy atom. The minimum atomic E-state index is -0.664. The van der Waals surface area contributed by atoms with Gasteiger partial charge in [-0.2, -0.15) is 0 Å². The number of carbonyl (C=O) groups excluding carboxylic acids is 2. The maximum atomic E-state index is 12.5. The van der Waals surface area contributed by atoms with Crippen LogP contribution < -0.4 is 5.32 Å². The standard InChI is InChI=1S/C63H121NO5/c1-3-5-7-9-11-13-15-17-19-29-33-37-41-45-49-53-57-63(68)69-58-54-50-46-42-38-34-30-27-25-23-21-20-22-24-26-28-32-36-40-44-48-52-56-62(67)64-60(59-65)61(66)55-51-47-43-39-35-31-18-16-14-12-10-8-6-4-2/h13,15,19,29,60-61,65-66H,3-12,14,16-18,20-28,30-59H2,1-2H3,(H,64,67)/b15-13-,29-19-. The van der Waals surface area contributed by atoms with Gasteiger partial charge in [0.05, 0.1) is 25.4 Å². The number of ether oxygens (including phenoxy) is 1. The Labute approximate surface area is 431 Å². The van der Waals surface area contributed by atoms with Crippen molar-refractivity contribution in [1.29, 1.82) is 0 Å². The average Bonchev–Trinajstić information content (AvgIpc) is 3.35. The maximum Gasteiger partial charge on any atom is 0.305 e. The highest BCUT2D eigenvalue weighted by Crippen LogP contribution is 2.18. The van der Waals surface area contributed by atoms with Crippen LogP contribution in [0, 0.1) is 0 Å². The minimum Gasteiger partial charge on any atom is -0.466 e. The second kappa shape index (κ2) is 58.9. The zero-order chi connectivity index (χ0) is 50.0. The normalized spacial score (nSPS) is 12.7. The molecule has 0 saturated carbocycles. The lowest BCUT2D eigenvalue weighted by atomic mass is 10.0. The van der Waals surface area contributed by atoms with Crippen molar-refractivity contribution in [3.05, 3.63) is 24.3 Å². The highest BCUT2D eigenvalue weighted by atomic mass is 16.5. The first-order valence-electron chi connectivity index (χ1n) is 31.1. The number of hydrogen-bond acceptors (Lipinski definition) is 5. The summed E-state index contributed by atoms with van der Waals surface area (Å²) in [6.07, 6.45) is 71.8. The van der Waals surface area contributed by atoms with E-state index in [1.165, 1.54) is 257 Å².